The Morgan fingerprint density at radius 3 is 2.82 bits per heavy atom. The summed E-state index contributed by atoms with van der Waals surface area (Å²) < 4.78 is 28.6. The first-order valence-electron chi connectivity index (χ1n) is 6.96. The zero-order chi connectivity index (χ0) is 15.7. The summed E-state index contributed by atoms with van der Waals surface area (Å²) in [5.41, 5.74) is 1.16. The topological polar surface area (TPSA) is 97.9 Å². The van der Waals surface area contributed by atoms with E-state index in [0.717, 1.165) is 37.3 Å². The van der Waals surface area contributed by atoms with Crippen LogP contribution >= 0.6 is 0 Å². The summed E-state index contributed by atoms with van der Waals surface area (Å²) in [4.78, 5) is 2.27. The summed E-state index contributed by atoms with van der Waals surface area (Å²) in [5, 5.41) is 12.4. The Hall–Kier alpha value is -1.78. The molecule has 0 atom stereocenters. The van der Waals surface area contributed by atoms with Gasteiger partial charge in [-0.05, 0) is 0 Å². The Kier molecular flexibility index (Phi) is 3.98. The molecule has 2 aromatic heterocycles. The zero-order valence-electron chi connectivity index (χ0n) is 12.6. The van der Waals surface area contributed by atoms with E-state index < -0.39 is 10.0 Å². The third-order valence-corrected chi connectivity index (χ3v) is 4.23. The van der Waals surface area contributed by atoms with Crippen LogP contribution in [0.1, 0.15) is 17.2 Å². The van der Waals surface area contributed by atoms with Gasteiger partial charge in [0, 0.05) is 38.4 Å². The molecule has 0 saturated carbocycles. The van der Waals surface area contributed by atoms with Crippen molar-refractivity contribution in [1.82, 2.24) is 34.2 Å². The highest BCUT2D eigenvalue weighted by Gasteiger charge is 2.21. The van der Waals surface area contributed by atoms with E-state index in [4.69, 9.17) is 0 Å². The Bertz CT molecular complexity index is 764. The lowest BCUT2D eigenvalue weighted by Crippen LogP contribution is -2.34. The summed E-state index contributed by atoms with van der Waals surface area (Å²) in [5.74, 6) is 1.52. The summed E-state index contributed by atoms with van der Waals surface area (Å²) in [6, 6.07) is 0. The maximum atomic E-state index is 11.2. The molecule has 10 heteroatoms. The molecule has 0 spiro atoms. The summed E-state index contributed by atoms with van der Waals surface area (Å²) in [7, 11) is -1.33. The highest BCUT2D eigenvalue weighted by molar-refractivity contribution is 7.88. The Balaban J connectivity index is 1.65. The second-order valence-electron chi connectivity index (χ2n) is 5.51. The molecule has 120 valence electrons. The van der Waals surface area contributed by atoms with Gasteiger partial charge in [0.2, 0.25) is 10.0 Å². The molecule has 22 heavy (non-hydrogen) atoms. The molecule has 3 heterocycles. The largest absolute Gasteiger partial charge is 0.311 e. The average molecular weight is 325 g/mol. The van der Waals surface area contributed by atoms with E-state index in [1.54, 1.807) is 4.68 Å². The Morgan fingerprint density at radius 1 is 1.32 bits per heavy atom. The number of aryl methyl sites for hydroxylation is 1. The fraction of sp³-hybridized carbons (Fsp3) is 0.583. The monoisotopic (exact) mass is 325 g/mol. The first-order valence-corrected chi connectivity index (χ1v) is 8.85. The number of fused-ring (bicyclic) bond motifs is 1. The highest BCUT2D eigenvalue weighted by atomic mass is 32.2. The molecule has 0 radical (unpaired) electrons. The van der Waals surface area contributed by atoms with Gasteiger partial charge in [0.25, 0.3) is 0 Å². The van der Waals surface area contributed by atoms with Crippen molar-refractivity contribution in [2.75, 3.05) is 12.8 Å². The molecule has 0 saturated heterocycles. The number of aromatic nitrogens is 5. The zero-order valence-corrected chi connectivity index (χ0v) is 13.4. The molecule has 3 rings (SSSR count). The molecule has 0 bridgehead atoms. The smallest absolute Gasteiger partial charge is 0.209 e. The minimum atomic E-state index is -3.23. The van der Waals surface area contributed by atoms with Gasteiger partial charge in [-0.15, -0.1) is 10.2 Å². The van der Waals surface area contributed by atoms with Gasteiger partial charge in [0.1, 0.15) is 11.6 Å². The predicted molar refractivity (Wildman–Crippen MR) is 79.0 cm³/mol. The van der Waals surface area contributed by atoms with Crippen molar-refractivity contribution in [2.45, 2.75) is 26.2 Å². The molecule has 0 fully saturated rings. The van der Waals surface area contributed by atoms with Gasteiger partial charge < -0.3 is 4.57 Å². The maximum absolute atomic E-state index is 11.2. The van der Waals surface area contributed by atoms with Crippen LogP contribution < -0.4 is 4.72 Å². The lowest BCUT2D eigenvalue weighted by atomic mass is 10.3. The lowest BCUT2D eigenvalue weighted by molar-refractivity contribution is 0.207. The average Bonchev–Trinajstić information content (AvgIpc) is 3.02. The molecule has 2 aromatic rings. The van der Waals surface area contributed by atoms with E-state index >= 15 is 0 Å². The summed E-state index contributed by atoms with van der Waals surface area (Å²) in [6.07, 6.45) is 5.00. The predicted octanol–water partition coefficient (Wildman–Crippen LogP) is -0.923. The molecule has 0 aromatic carbocycles. The van der Waals surface area contributed by atoms with Crippen LogP contribution in [0, 0.1) is 0 Å². The van der Waals surface area contributed by atoms with Crippen LogP contribution in [0.15, 0.2) is 12.4 Å². The van der Waals surface area contributed by atoms with Gasteiger partial charge in [0.05, 0.1) is 25.5 Å². The van der Waals surface area contributed by atoms with Crippen molar-refractivity contribution < 1.29 is 8.42 Å². The van der Waals surface area contributed by atoms with Crippen molar-refractivity contribution in [3.05, 3.63) is 29.6 Å². The fourth-order valence-electron chi connectivity index (χ4n) is 2.54. The number of sulfonamides is 1. The van der Waals surface area contributed by atoms with Crippen molar-refractivity contribution in [3.63, 3.8) is 0 Å². The van der Waals surface area contributed by atoms with Crippen LogP contribution in [-0.4, -0.2) is 50.7 Å². The van der Waals surface area contributed by atoms with Crippen LogP contribution in [0.4, 0.5) is 0 Å². The van der Waals surface area contributed by atoms with Gasteiger partial charge in [0.15, 0.2) is 0 Å². The second kappa shape index (κ2) is 5.78. The normalized spacial score (nSPS) is 15.9. The van der Waals surface area contributed by atoms with Gasteiger partial charge in [-0.25, -0.2) is 13.1 Å². The highest BCUT2D eigenvalue weighted by Crippen LogP contribution is 2.15. The van der Waals surface area contributed by atoms with E-state index in [2.05, 4.69) is 24.9 Å². The Morgan fingerprint density at radius 2 is 2.14 bits per heavy atom. The SMILES string of the molecule is Cn1cc(CN2CCn3c(CNS(C)(=O)=O)nnc3C2)cn1. The van der Waals surface area contributed by atoms with Crippen molar-refractivity contribution in [1.29, 1.82) is 0 Å². The van der Waals surface area contributed by atoms with E-state index in [1.807, 2.05) is 24.0 Å². The minimum absolute atomic E-state index is 0.175. The second-order valence-corrected chi connectivity index (χ2v) is 7.34. The Labute approximate surface area is 129 Å². The third kappa shape index (κ3) is 3.51. The van der Waals surface area contributed by atoms with E-state index in [9.17, 15) is 8.42 Å². The third-order valence-electron chi connectivity index (χ3n) is 3.57. The molecule has 0 aliphatic carbocycles. The van der Waals surface area contributed by atoms with Crippen LogP contribution in [0.25, 0.3) is 0 Å². The molecule has 0 amide bonds. The first-order chi connectivity index (χ1) is 10.4. The van der Waals surface area contributed by atoms with Crippen LogP contribution in [-0.2, 0) is 43.2 Å². The molecule has 1 aliphatic rings. The van der Waals surface area contributed by atoms with Crippen molar-refractivity contribution in [2.24, 2.45) is 7.05 Å². The van der Waals surface area contributed by atoms with Crippen molar-refractivity contribution in [3.8, 4) is 0 Å². The van der Waals surface area contributed by atoms with Crippen LogP contribution in [0.3, 0.4) is 0 Å². The quantitative estimate of drug-likeness (QED) is 0.763. The first kappa shape index (κ1) is 15.1. The number of nitrogens with zero attached hydrogens (tertiary/aromatic N) is 6. The van der Waals surface area contributed by atoms with Crippen LogP contribution in [0.2, 0.25) is 0 Å². The standard InChI is InChI=1S/C12H19N7O2S/c1-17-7-10(5-13-17)8-18-3-4-19-11(6-14-22(2,20)21)15-16-12(19)9-18/h5,7,14H,3-4,6,8-9H2,1-2H3. The molecular weight excluding hydrogens is 306 g/mol. The molecular formula is C12H19N7O2S. The minimum Gasteiger partial charge on any atom is -0.311 e. The molecule has 1 N–H and O–H groups in total. The van der Waals surface area contributed by atoms with Gasteiger partial charge in [-0.1, -0.05) is 0 Å². The van der Waals surface area contributed by atoms with E-state index in [-0.39, 0.29) is 6.54 Å². The maximum Gasteiger partial charge on any atom is 0.209 e. The fourth-order valence-corrected chi connectivity index (χ4v) is 2.93. The van der Waals surface area contributed by atoms with E-state index in [1.165, 1.54) is 0 Å². The number of hydrogen-bond acceptors (Lipinski definition) is 6. The molecule has 9 nitrogen and oxygen atoms in total. The van der Waals surface area contributed by atoms with Crippen LogP contribution in [0.5, 0.6) is 0 Å². The lowest BCUT2D eigenvalue weighted by Gasteiger charge is -2.27. The summed E-state index contributed by atoms with van der Waals surface area (Å²) in [6.45, 7) is 3.31. The number of hydrogen-bond donors (Lipinski definition) is 1. The number of rotatable bonds is 5. The number of nitrogens with one attached hydrogen (secondary N) is 1. The van der Waals surface area contributed by atoms with Gasteiger partial charge in [-0.3, -0.25) is 9.58 Å². The van der Waals surface area contributed by atoms with Crippen molar-refractivity contribution >= 4 is 10.0 Å². The molecule has 1 aliphatic heterocycles. The summed E-state index contributed by atoms with van der Waals surface area (Å²) >= 11 is 0. The van der Waals surface area contributed by atoms with Gasteiger partial charge in [-0.2, -0.15) is 5.10 Å². The van der Waals surface area contributed by atoms with Gasteiger partial charge >= 0.3 is 0 Å². The molecule has 0 unspecified atom stereocenters. The van der Waals surface area contributed by atoms with E-state index in [0.29, 0.717) is 12.4 Å².